The highest BCUT2D eigenvalue weighted by Gasteiger charge is 2.17. The van der Waals surface area contributed by atoms with Gasteiger partial charge in [0.1, 0.15) is 18.0 Å². The molecule has 3 rings (SSSR count). The number of fused-ring (bicyclic) bond motifs is 1. The summed E-state index contributed by atoms with van der Waals surface area (Å²) in [6.45, 7) is 3.36. The number of carboxylic acids is 1. The summed E-state index contributed by atoms with van der Waals surface area (Å²) in [7, 11) is 0. The Kier molecular flexibility index (Phi) is 4.94. The fourth-order valence-corrected chi connectivity index (χ4v) is 2.73. The first-order valence-electron chi connectivity index (χ1n) is 8.22. The van der Waals surface area contributed by atoms with Crippen molar-refractivity contribution in [3.8, 4) is 17.2 Å². The lowest BCUT2D eigenvalue weighted by Crippen LogP contribution is -2.29. The van der Waals surface area contributed by atoms with Crippen molar-refractivity contribution < 1.29 is 24.5 Å². The van der Waals surface area contributed by atoms with Gasteiger partial charge in [-0.1, -0.05) is 18.2 Å². The molecule has 0 radical (unpaired) electrons. The van der Waals surface area contributed by atoms with Crippen molar-refractivity contribution in [2.75, 3.05) is 6.54 Å². The number of carbonyl (C=O) groups is 2. The van der Waals surface area contributed by atoms with Crippen LogP contribution in [0.5, 0.6) is 17.2 Å². The molecule has 1 amide bonds. The average molecular weight is 366 g/mol. The second kappa shape index (κ2) is 7.33. The third-order valence-corrected chi connectivity index (χ3v) is 4.08. The maximum atomic E-state index is 12.0. The number of benzene rings is 2. The molecule has 0 aliphatic heterocycles. The Balaban J connectivity index is 1.92. The molecule has 0 saturated carbocycles. The maximum Gasteiger partial charge on any atom is 0.322 e. The summed E-state index contributed by atoms with van der Waals surface area (Å²) < 4.78 is 5.98. The number of rotatable bonds is 5. The molecule has 7 heteroatoms. The van der Waals surface area contributed by atoms with E-state index in [2.05, 4.69) is 10.3 Å². The van der Waals surface area contributed by atoms with Crippen molar-refractivity contribution in [2.45, 2.75) is 13.8 Å². The summed E-state index contributed by atoms with van der Waals surface area (Å²) in [5.41, 5.74) is 1.77. The minimum atomic E-state index is -1.18. The van der Waals surface area contributed by atoms with Crippen LogP contribution in [0.3, 0.4) is 0 Å². The highest BCUT2D eigenvalue weighted by atomic mass is 16.5. The van der Waals surface area contributed by atoms with Crippen molar-refractivity contribution in [3.63, 3.8) is 0 Å². The van der Waals surface area contributed by atoms with Gasteiger partial charge in [0.15, 0.2) is 11.4 Å². The SMILES string of the molecule is Cc1cccc(C)c1Oc1ccc2c(O)c(C(=O)NCC(=O)O)ncc2c1. The predicted octanol–water partition coefficient (Wildman–Crippen LogP) is 3.16. The Labute approximate surface area is 155 Å². The first-order valence-corrected chi connectivity index (χ1v) is 8.22. The number of nitrogens with one attached hydrogen (secondary N) is 1. The van der Waals surface area contributed by atoms with Crippen LogP contribution in [0.15, 0.2) is 42.6 Å². The van der Waals surface area contributed by atoms with Gasteiger partial charge in [0.2, 0.25) is 0 Å². The van der Waals surface area contributed by atoms with Gasteiger partial charge >= 0.3 is 5.97 Å². The number of amides is 1. The van der Waals surface area contributed by atoms with E-state index >= 15 is 0 Å². The Morgan fingerprint density at radius 2 is 1.85 bits per heavy atom. The number of aryl methyl sites for hydroxylation is 2. The number of aromatic nitrogens is 1. The summed E-state index contributed by atoms with van der Waals surface area (Å²) in [5.74, 6) is -0.915. The molecule has 0 aliphatic carbocycles. The number of para-hydroxylation sites is 1. The maximum absolute atomic E-state index is 12.0. The average Bonchev–Trinajstić information content (AvgIpc) is 2.63. The van der Waals surface area contributed by atoms with Crippen LogP contribution in [-0.4, -0.2) is 33.6 Å². The minimum Gasteiger partial charge on any atom is -0.505 e. The lowest BCUT2D eigenvalue weighted by atomic mass is 10.1. The molecule has 0 atom stereocenters. The number of carboxylic acid groups (broad SMARTS) is 1. The summed E-state index contributed by atoms with van der Waals surface area (Å²) >= 11 is 0. The Hall–Kier alpha value is -3.61. The van der Waals surface area contributed by atoms with E-state index < -0.39 is 18.4 Å². The van der Waals surface area contributed by atoms with Crippen LogP contribution in [-0.2, 0) is 4.79 Å². The molecule has 3 aromatic rings. The van der Waals surface area contributed by atoms with E-state index in [4.69, 9.17) is 9.84 Å². The van der Waals surface area contributed by atoms with E-state index in [1.165, 1.54) is 6.20 Å². The van der Waals surface area contributed by atoms with Gasteiger partial charge in [0, 0.05) is 17.0 Å². The van der Waals surface area contributed by atoms with Gasteiger partial charge in [0.25, 0.3) is 5.91 Å². The lowest BCUT2D eigenvalue weighted by molar-refractivity contribution is -0.135. The number of hydrogen-bond donors (Lipinski definition) is 3. The Bertz CT molecular complexity index is 1030. The van der Waals surface area contributed by atoms with Crippen molar-refractivity contribution in [3.05, 3.63) is 59.4 Å². The molecule has 0 aliphatic rings. The number of aliphatic carboxylic acids is 1. The first-order chi connectivity index (χ1) is 12.9. The zero-order chi connectivity index (χ0) is 19.6. The van der Waals surface area contributed by atoms with E-state index in [0.717, 1.165) is 16.9 Å². The third kappa shape index (κ3) is 3.82. The number of ether oxygens (including phenoxy) is 1. The standard InChI is InChI=1S/C20H18N2O5/c1-11-4-3-5-12(2)19(11)27-14-6-7-15-13(8-14)9-21-17(18(15)25)20(26)22-10-16(23)24/h3-9,25H,10H2,1-2H3,(H,22,26)(H,23,24). The largest absolute Gasteiger partial charge is 0.505 e. The van der Waals surface area contributed by atoms with Crippen LogP contribution < -0.4 is 10.1 Å². The summed E-state index contributed by atoms with van der Waals surface area (Å²) in [6, 6.07) is 10.9. The molecule has 138 valence electrons. The molecule has 0 bridgehead atoms. The van der Waals surface area contributed by atoms with E-state index in [9.17, 15) is 14.7 Å². The molecule has 1 heterocycles. The predicted molar refractivity (Wildman–Crippen MR) is 99.4 cm³/mol. The molecule has 3 N–H and O–H groups in total. The summed E-state index contributed by atoms with van der Waals surface area (Å²) in [6.07, 6.45) is 1.43. The van der Waals surface area contributed by atoms with Gasteiger partial charge in [-0.25, -0.2) is 4.98 Å². The molecule has 27 heavy (non-hydrogen) atoms. The molecule has 0 spiro atoms. The molecule has 7 nitrogen and oxygen atoms in total. The third-order valence-electron chi connectivity index (χ3n) is 4.08. The van der Waals surface area contributed by atoms with Crippen LogP contribution >= 0.6 is 0 Å². The fraction of sp³-hybridized carbons (Fsp3) is 0.150. The van der Waals surface area contributed by atoms with Crippen LogP contribution in [0.4, 0.5) is 0 Å². The quantitative estimate of drug-likeness (QED) is 0.640. The number of pyridine rings is 1. The van der Waals surface area contributed by atoms with E-state index in [-0.39, 0.29) is 11.4 Å². The topological polar surface area (TPSA) is 109 Å². The van der Waals surface area contributed by atoms with Crippen LogP contribution in [0.2, 0.25) is 0 Å². The van der Waals surface area contributed by atoms with Gasteiger partial charge in [-0.05, 0) is 43.2 Å². The van der Waals surface area contributed by atoms with Gasteiger partial charge in [-0.15, -0.1) is 0 Å². The normalized spacial score (nSPS) is 10.6. The van der Waals surface area contributed by atoms with Crippen LogP contribution in [0.1, 0.15) is 21.6 Å². The molecule has 2 aromatic carbocycles. The number of carbonyl (C=O) groups excluding carboxylic acids is 1. The highest BCUT2D eigenvalue weighted by Crippen LogP contribution is 2.33. The van der Waals surface area contributed by atoms with Gasteiger partial charge in [-0.2, -0.15) is 0 Å². The zero-order valence-corrected chi connectivity index (χ0v) is 14.8. The number of aromatic hydroxyl groups is 1. The lowest BCUT2D eigenvalue weighted by Gasteiger charge is -2.13. The molecular formula is C20H18N2O5. The number of hydrogen-bond acceptors (Lipinski definition) is 5. The Morgan fingerprint density at radius 1 is 1.15 bits per heavy atom. The second-order valence-electron chi connectivity index (χ2n) is 6.10. The van der Waals surface area contributed by atoms with E-state index in [0.29, 0.717) is 16.5 Å². The van der Waals surface area contributed by atoms with Crippen molar-refractivity contribution >= 4 is 22.6 Å². The van der Waals surface area contributed by atoms with Crippen molar-refractivity contribution in [1.29, 1.82) is 0 Å². The molecule has 0 saturated heterocycles. The summed E-state index contributed by atoms with van der Waals surface area (Å²) in [4.78, 5) is 26.5. The molecule has 1 aromatic heterocycles. The summed E-state index contributed by atoms with van der Waals surface area (Å²) in [5, 5.41) is 22.2. The smallest absolute Gasteiger partial charge is 0.322 e. The van der Waals surface area contributed by atoms with Crippen molar-refractivity contribution in [2.24, 2.45) is 0 Å². The molecule has 0 fully saturated rings. The number of nitrogens with zero attached hydrogens (tertiary/aromatic N) is 1. The first kappa shape index (κ1) is 18.2. The van der Waals surface area contributed by atoms with Gasteiger partial charge in [-0.3, -0.25) is 9.59 Å². The van der Waals surface area contributed by atoms with E-state index in [1.54, 1.807) is 18.2 Å². The zero-order valence-electron chi connectivity index (χ0n) is 14.8. The van der Waals surface area contributed by atoms with Gasteiger partial charge in [0.05, 0.1) is 0 Å². The monoisotopic (exact) mass is 366 g/mol. The minimum absolute atomic E-state index is 0.229. The highest BCUT2D eigenvalue weighted by molar-refractivity contribution is 6.02. The van der Waals surface area contributed by atoms with Crippen LogP contribution in [0, 0.1) is 13.8 Å². The van der Waals surface area contributed by atoms with E-state index in [1.807, 2.05) is 32.0 Å². The van der Waals surface area contributed by atoms with Crippen LogP contribution in [0.25, 0.3) is 10.8 Å². The fourth-order valence-electron chi connectivity index (χ4n) is 2.73. The van der Waals surface area contributed by atoms with Gasteiger partial charge < -0.3 is 20.3 Å². The molecule has 0 unspecified atom stereocenters. The second-order valence-corrected chi connectivity index (χ2v) is 6.10. The van der Waals surface area contributed by atoms with Crippen molar-refractivity contribution in [1.82, 2.24) is 10.3 Å². The molecular weight excluding hydrogens is 348 g/mol. The Morgan fingerprint density at radius 3 is 2.52 bits per heavy atom.